The Hall–Kier alpha value is -2.54. The molecule has 1 aromatic carbocycles. The van der Waals surface area contributed by atoms with E-state index in [4.69, 9.17) is 9.47 Å². The van der Waals surface area contributed by atoms with Gasteiger partial charge in [0.1, 0.15) is 6.04 Å². The van der Waals surface area contributed by atoms with E-state index in [0.29, 0.717) is 18.0 Å². The molecule has 1 aromatic heterocycles. The summed E-state index contributed by atoms with van der Waals surface area (Å²) in [5, 5.41) is 10.2. The van der Waals surface area contributed by atoms with Gasteiger partial charge in [-0.2, -0.15) is 5.10 Å². The fourth-order valence-electron chi connectivity index (χ4n) is 3.12. The summed E-state index contributed by atoms with van der Waals surface area (Å²) in [7, 11) is 3.78. The first-order valence-corrected chi connectivity index (χ1v) is 8.31. The number of rotatable bonds is 6. The molecule has 0 radical (unpaired) electrons. The van der Waals surface area contributed by atoms with Crippen LogP contribution in [0.4, 0.5) is 0 Å². The normalized spacial score (nSPS) is 14.0. The summed E-state index contributed by atoms with van der Waals surface area (Å²) < 4.78 is 10.8. The van der Waals surface area contributed by atoms with E-state index < -0.39 is 0 Å². The maximum absolute atomic E-state index is 12.7. The minimum atomic E-state index is -0.388. The maximum Gasteiger partial charge on any atom is 0.241 e. The first-order valence-electron chi connectivity index (χ1n) is 8.31. The van der Waals surface area contributed by atoms with Gasteiger partial charge in [-0.25, -0.2) is 0 Å². The molecule has 0 unspecified atom stereocenters. The van der Waals surface area contributed by atoms with Crippen LogP contribution < -0.4 is 14.8 Å². The molecule has 25 heavy (non-hydrogen) atoms. The van der Waals surface area contributed by atoms with Gasteiger partial charge in [-0.3, -0.25) is 14.8 Å². The number of carbonyl (C=O) groups is 1. The number of likely N-dealkylation sites (N-methyl/N-ethyl adjacent to an activating group) is 1. The van der Waals surface area contributed by atoms with Crippen molar-refractivity contribution in [2.75, 3.05) is 27.4 Å². The summed E-state index contributed by atoms with van der Waals surface area (Å²) in [6.07, 6.45) is 0.751. The Bertz CT molecular complexity index is 750. The van der Waals surface area contributed by atoms with Crippen molar-refractivity contribution >= 4 is 5.91 Å². The van der Waals surface area contributed by atoms with Gasteiger partial charge in [0.25, 0.3) is 0 Å². The molecule has 2 heterocycles. The van der Waals surface area contributed by atoms with E-state index in [1.807, 2.05) is 51.0 Å². The quantitative estimate of drug-likeness (QED) is 0.834. The molecular weight excluding hydrogens is 320 g/mol. The summed E-state index contributed by atoms with van der Waals surface area (Å²) in [6.45, 7) is 4.75. The van der Waals surface area contributed by atoms with Crippen molar-refractivity contribution in [1.82, 2.24) is 20.4 Å². The van der Waals surface area contributed by atoms with Gasteiger partial charge in [-0.1, -0.05) is 6.07 Å². The summed E-state index contributed by atoms with van der Waals surface area (Å²) in [5.41, 5.74) is 4.06. The van der Waals surface area contributed by atoms with Crippen molar-refractivity contribution in [3.8, 4) is 11.5 Å². The molecule has 1 aliphatic heterocycles. The number of nitrogens with one attached hydrogen (secondary N) is 2. The van der Waals surface area contributed by atoms with Crippen LogP contribution in [0, 0.1) is 13.8 Å². The number of hydrogen-bond acceptors (Lipinski definition) is 5. The maximum atomic E-state index is 12.7. The lowest BCUT2D eigenvalue weighted by atomic mass is 10.0. The SMILES string of the molecule is Cc1n[nH]c(C)c1CCNC(=O)[C@@H](c1ccc2c(c1)OCO2)N(C)C. The standard InChI is InChI=1S/C18H24N4O3/c1-11-14(12(2)21-20-11)7-8-19-18(23)17(22(3)4)13-5-6-15-16(9-13)25-10-24-15/h5-6,9,17H,7-8,10H2,1-4H3,(H,19,23)(H,20,21)/t17-/m1/s1. The molecule has 3 rings (SSSR count). The Morgan fingerprint density at radius 3 is 2.76 bits per heavy atom. The van der Waals surface area contributed by atoms with Crippen molar-refractivity contribution < 1.29 is 14.3 Å². The van der Waals surface area contributed by atoms with Crippen molar-refractivity contribution in [3.05, 3.63) is 40.7 Å². The van der Waals surface area contributed by atoms with Crippen LogP contribution in [0.2, 0.25) is 0 Å². The van der Waals surface area contributed by atoms with E-state index in [9.17, 15) is 4.79 Å². The van der Waals surface area contributed by atoms with Crippen LogP contribution in [0.1, 0.15) is 28.6 Å². The van der Waals surface area contributed by atoms with Crippen molar-refractivity contribution in [2.24, 2.45) is 0 Å². The lowest BCUT2D eigenvalue weighted by Crippen LogP contribution is -2.38. The Kier molecular flexibility index (Phi) is 4.94. The summed E-state index contributed by atoms with van der Waals surface area (Å²) >= 11 is 0. The van der Waals surface area contributed by atoms with Gasteiger partial charge < -0.3 is 14.8 Å². The van der Waals surface area contributed by atoms with Crippen LogP contribution in [0.15, 0.2) is 18.2 Å². The minimum absolute atomic E-state index is 0.0392. The molecule has 0 spiro atoms. The number of fused-ring (bicyclic) bond motifs is 1. The van der Waals surface area contributed by atoms with Gasteiger partial charge in [-0.15, -0.1) is 0 Å². The highest BCUT2D eigenvalue weighted by molar-refractivity contribution is 5.83. The summed E-state index contributed by atoms with van der Waals surface area (Å²) in [4.78, 5) is 14.6. The molecule has 0 saturated carbocycles. The Morgan fingerprint density at radius 1 is 1.32 bits per heavy atom. The molecule has 1 amide bonds. The van der Waals surface area contributed by atoms with E-state index in [-0.39, 0.29) is 18.7 Å². The van der Waals surface area contributed by atoms with Crippen LogP contribution in [-0.2, 0) is 11.2 Å². The highest BCUT2D eigenvalue weighted by atomic mass is 16.7. The Labute approximate surface area is 147 Å². The Morgan fingerprint density at radius 2 is 2.08 bits per heavy atom. The number of aryl methyl sites for hydroxylation is 2. The number of carbonyl (C=O) groups excluding carboxylic acids is 1. The highest BCUT2D eigenvalue weighted by Crippen LogP contribution is 2.35. The largest absolute Gasteiger partial charge is 0.454 e. The molecule has 2 N–H and O–H groups in total. The molecule has 7 heteroatoms. The number of amides is 1. The van der Waals surface area contributed by atoms with Gasteiger partial charge in [-0.05, 0) is 57.6 Å². The lowest BCUT2D eigenvalue weighted by Gasteiger charge is -2.24. The van der Waals surface area contributed by atoms with Crippen LogP contribution in [0.3, 0.4) is 0 Å². The third-order valence-electron chi connectivity index (χ3n) is 4.43. The second-order valence-electron chi connectivity index (χ2n) is 6.43. The zero-order valence-corrected chi connectivity index (χ0v) is 15.0. The van der Waals surface area contributed by atoms with Gasteiger partial charge >= 0.3 is 0 Å². The molecule has 1 atom stereocenters. The highest BCUT2D eigenvalue weighted by Gasteiger charge is 2.25. The second kappa shape index (κ2) is 7.14. The van der Waals surface area contributed by atoms with E-state index in [1.54, 1.807) is 0 Å². The average Bonchev–Trinajstić information content (AvgIpc) is 3.15. The number of ether oxygens (including phenoxy) is 2. The minimum Gasteiger partial charge on any atom is -0.454 e. The van der Waals surface area contributed by atoms with E-state index in [1.165, 1.54) is 0 Å². The number of H-pyrrole nitrogens is 1. The third kappa shape index (κ3) is 3.61. The first-order chi connectivity index (χ1) is 12.0. The van der Waals surface area contributed by atoms with Crippen molar-refractivity contribution in [2.45, 2.75) is 26.3 Å². The molecule has 134 valence electrons. The Balaban J connectivity index is 1.67. The summed E-state index contributed by atoms with van der Waals surface area (Å²) in [6, 6.07) is 5.24. The smallest absolute Gasteiger partial charge is 0.241 e. The van der Waals surface area contributed by atoms with Crippen molar-refractivity contribution in [1.29, 1.82) is 0 Å². The van der Waals surface area contributed by atoms with E-state index >= 15 is 0 Å². The van der Waals surface area contributed by atoms with Gasteiger partial charge in [0, 0.05) is 12.2 Å². The van der Waals surface area contributed by atoms with Crippen molar-refractivity contribution in [3.63, 3.8) is 0 Å². The number of benzene rings is 1. The monoisotopic (exact) mass is 344 g/mol. The predicted molar refractivity (Wildman–Crippen MR) is 93.8 cm³/mol. The van der Waals surface area contributed by atoms with E-state index in [0.717, 1.165) is 28.9 Å². The molecule has 1 aliphatic rings. The second-order valence-corrected chi connectivity index (χ2v) is 6.43. The topological polar surface area (TPSA) is 79.5 Å². The average molecular weight is 344 g/mol. The number of nitrogens with zero attached hydrogens (tertiary/aromatic N) is 2. The first kappa shape index (κ1) is 17.3. The number of aromatic amines is 1. The van der Waals surface area contributed by atoms with Crippen LogP contribution in [0.5, 0.6) is 11.5 Å². The fraction of sp³-hybridized carbons (Fsp3) is 0.444. The van der Waals surface area contributed by atoms with Gasteiger partial charge in [0.2, 0.25) is 12.7 Å². The van der Waals surface area contributed by atoms with Gasteiger partial charge in [0.15, 0.2) is 11.5 Å². The number of hydrogen-bond donors (Lipinski definition) is 2. The molecular formula is C18H24N4O3. The van der Waals surface area contributed by atoms with E-state index in [2.05, 4.69) is 15.5 Å². The molecule has 0 fully saturated rings. The van der Waals surface area contributed by atoms with Gasteiger partial charge in [0.05, 0.1) is 5.69 Å². The van der Waals surface area contributed by atoms with Crippen LogP contribution in [-0.4, -0.2) is 48.4 Å². The zero-order chi connectivity index (χ0) is 18.0. The summed E-state index contributed by atoms with van der Waals surface area (Å²) in [5.74, 6) is 1.36. The molecule has 2 aromatic rings. The molecule has 0 bridgehead atoms. The van der Waals surface area contributed by atoms with Crippen LogP contribution >= 0.6 is 0 Å². The lowest BCUT2D eigenvalue weighted by molar-refractivity contribution is -0.125. The molecule has 0 aliphatic carbocycles. The fourth-order valence-corrected chi connectivity index (χ4v) is 3.12. The third-order valence-corrected chi connectivity index (χ3v) is 4.43. The molecule has 7 nitrogen and oxygen atoms in total. The predicted octanol–water partition coefficient (Wildman–Crippen LogP) is 1.72. The van der Waals surface area contributed by atoms with Crippen LogP contribution in [0.25, 0.3) is 0 Å². The zero-order valence-electron chi connectivity index (χ0n) is 15.0. The number of aromatic nitrogens is 2. The molecule has 0 saturated heterocycles.